The predicted octanol–water partition coefficient (Wildman–Crippen LogP) is 2.42. The summed E-state index contributed by atoms with van der Waals surface area (Å²) in [5.41, 5.74) is 0. The van der Waals surface area contributed by atoms with Crippen LogP contribution in [0.4, 0.5) is 18.0 Å². The fourth-order valence-electron chi connectivity index (χ4n) is 1.39. The molecule has 0 bridgehead atoms. The van der Waals surface area contributed by atoms with Gasteiger partial charge in [0, 0.05) is 13.1 Å². The van der Waals surface area contributed by atoms with Gasteiger partial charge in [-0.3, -0.25) is 0 Å². The number of carbonyl (C=O) groups is 1. The molecule has 1 heterocycles. The molecular formula is C9H14F3NO2. The van der Waals surface area contributed by atoms with Gasteiger partial charge in [0.15, 0.2) is 6.10 Å². The van der Waals surface area contributed by atoms with Crippen LogP contribution >= 0.6 is 0 Å². The van der Waals surface area contributed by atoms with Crippen molar-refractivity contribution in [3.63, 3.8) is 0 Å². The third-order valence-electron chi connectivity index (χ3n) is 2.42. The maximum absolute atomic E-state index is 12.1. The lowest BCUT2D eigenvalue weighted by atomic mass is 10.2. The molecule has 1 saturated heterocycles. The summed E-state index contributed by atoms with van der Waals surface area (Å²) >= 11 is 0. The van der Waals surface area contributed by atoms with Crippen molar-refractivity contribution in [1.29, 1.82) is 0 Å². The number of ether oxygens (including phenoxy) is 1. The number of nitrogens with zero attached hydrogens (tertiary/aromatic N) is 1. The first-order valence-corrected chi connectivity index (χ1v) is 4.83. The molecule has 0 aromatic carbocycles. The third kappa shape index (κ3) is 3.28. The lowest BCUT2D eigenvalue weighted by Gasteiger charge is -2.21. The minimum Gasteiger partial charge on any atom is -0.437 e. The van der Waals surface area contributed by atoms with E-state index >= 15 is 0 Å². The Hall–Kier alpha value is -0.940. The van der Waals surface area contributed by atoms with Gasteiger partial charge in [-0.25, -0.2) is 4.79 Å². The highest BCUT2D eigenvalue weighted by molar-refractivity contribution is 5.68. The van der Waals surface area contributed by atoms with Crippen molar-refractivity contribution in [2.24, 2.45) is 5.92 Å². The van der Waals surface area contributed by atoms with E-state index in [1.165, 1.54) is 4.90 Å². The maximum atomic E-state index is 12.1. The van der Waals surface area contributed by atoms with Gasteiger partial charge in [0.1, 0.15) is 0 Å². The number of likely N-dealkylation sites (tertiary alicyclic amines) is 1. The molecule has 2 unspecified atom stereocenters. The van der Waals surface area contributed by atoms with Gasteiger partial charge in [0.25, 0.3) is 0 Å². The molecule has 0 radical (unpaired) electrons. The van der Waals surface area contributed by atoms with E-state index in [-0.39, 0.29) is 0 Å². The molecule has 1 aliphatic heterocycles. The lowest BCUT2D eigenvalue weighted by molar-refractivity contribution is -0.199. The molecule has 6 heteroatoms. The molecule has 1 aliphatic rings. The van der Waals surface area contributed by atoms with Crippen LogP contribution in [0.5, 0.6) is 0 Å². The summed E-state index contributed by atoms with van der Waals surface area (Å²) in [6.45, 7) is 3.73. The number of amides is 1. The van der Waals surface area contributed by atoms with Crippen LogP contribution in [0.1, 0.15) is 20.3 Å². The Bertz CT molecular complexity index is 242. The van der Waals surface area contributed by atoms with Gasteiger partial charge in [-0.1, -0.05) is 6.92 Å². The van der Waals surface area contributed by atoms with Gasteiger partial charge in [0.05, 0.1) is 0 Å². The highest BCUT2D eigenvalue weighted by Gasteiger charge is 2.40. The quantitative estimate of drug-likeness (QED) is 0.685. The molecule has 2 atom stereocenters. The van der Waals surface area contributed by atoms with E-state index in [9.17, 15) is 18.0 Å². The van der Waals surface area contributed by atoms with Crippen LogP contribution in [-0.4, -0.2) is 36.4 Å². The van der Waals surface area contributed by atoms with Gasteiger partial charge < -0.3 is 9.64 Å². The van der Waals surface area contributed by atoms with E-state index < -0.39 is 18.4 Å². The summed E-state index contributed by atoms with van der Waals surface area (Å²) in [5, 5.41) is 0. The molecule has 0 N–H and O–H groups in total. The van der Waals surface area contributed by atoms with Crippen molar-refractivity contribution in [2.75, 3.05) is 13.1 Å². The summed E-state index contributed by atoms with van der Waals surface area (Å²) in [6, 6.07) is 0. The number of hydrogen-bond acceptors (Lipinski definition) is 2. The molecule has 3 nitrogen and oxygen atoms in total. The second-order valence-electron chi connectivity index (χ2n) is 3.91. The summed E-state index contributed by atoms with van der Waals surface area (Å²) in [7, 11) is 0. The summed E-state index contributed by atoms with van der Waals surface area (Å²) in [6.07, 6.45) is -6.58. The summed E-state index contributed by atoms with van der Waals surface area (Å²) in [5.74, 6) is 0.332. The van der Waals surface area contributed by atoms with Crippen molar-refractivity contribution < 1.29 is 22.7 Å². The highest BCUT2D eigenvalue weighted by atomic mass is 19.4. The predicted molar refractivity (Wildman–Crippen MR) is 47.4 cm³/mol. The first-order chi connectivity index (χ1) is 6.80. The van der Waals surface area contributed by atoms with E-state index in [1.807, 2.05) is 6.92 Å². The Morgan fingerprint density at radius 3 is 2.53 bits per heavy atom. The van der Waals surface area contributed by atoms with E-state index in [1.54, 1.807) is 0 Å². The van der Waals surface area contributed by atoms with Crippen LogP contribution in [-0.2, 0) is 4.74 Å². The van der Waals surface area contributed by atoms with E-state index in [4.69, 9.17) is 0 Å². The van der Waals surface area contributed by atoms with Crippen LogP contribution in [0, 0.1) is 5.92 Å². The van der Waals surface area contributed by atoms with E-state index in [0.717, 1.165) is 13.3 Å². The van der Waals surface area contributed by atoms with Crippen LogP contribution in [0.15, 0.2) is 0 Å². The standard InChI is InChI=1S/C9H14F3NO2/c1-6-3-4-13(5-6)8(14)15-7(2)9(10,11)12/h6-7H,3-5H2,1-2H3. The molecule has 1 rings (SSSR count). The molecule has 1 fully saturated rings. The second-order valence-corrected chi connectivity index (χ2v) is 3.91. The van der Waals surface area contributed by atoms with Gasteiger partial charge in [-0.05, 0) is 19.3 Å². The summed E-state index contributed by atoms with van der Waals surface area (Å²) < 4.78 is 40.5. The topological polar surface area (TPSA) is 29.5 Å². The number of hydrogen-bond donors (Lipinski definition) is 0. The van der Waals surface area contributed by atoms with Crippen LogP contribution in [0.3, 0.4) is 0 Å². The second kappa shape index (κ2) is 4.28. The van der Waals surface area contributed by atoms with Gasteiger partial charge in [-0.2, -0.15) is 13.2 Å². The van der Waals surface area contributed by atoms with Crippen LogP contribution in [0.25, 0.3) is 0 Å². The fourth-order valence-corrected chi connectivity index (χ4v) is 1.39. The zero-order valence-corrected chi connectivity index (χ0v) is 8.67. The number of alkyl halides is 3. The van der Waals surface area contributed by atoms with Crippen LogP contribution < -0.4 is 0 Å². The zero-order valence-electron chi connectivity index (χ0n) is 8.67. The SMILES string of the molecule is CC1CCN(C(=O)OC(C)C(F)(F)F)C1. The first-order valence-electron chi connectivity index (χ1n) is 4.83. The smallest absolute Gasteiger partial charge is 0.425 e. The average Bonchev–Trinajstić information content (AvgIpc) is 2.50. The zero-order chi connectivity index (χ0) is 11.6. The van der Waals surface area contributed by atoms with Crippen molar-refractivity contribution >= 4 is 6.09 Å². The van der Waals surface area contributed by atoms with Gasteiger partial charge in [-0.15, -0.1) is 0 Å². The largest absolute Gasteiger partial charge is 0.437 e. The Kier molecular flexibility index (Phi) is 3.46. The van der Waals surface area contributed by atoms with Crippen molar-refractivity contribution in [3.05, 3.63) is 0 Å². The maximum Gasteiger partial charge on any atom is 0.425 e. The van der Waals surface area contributed by atoms with Gasteiger partial charge in [0.2, 0.25) is 0 Å². The molecular weight excluding hydrogens is 211 g/mol. The summed E-state index contributed by atoms with van der Waals surface area (Å²) in [4.78, 5) is 12.6. The Balaban J connectivity index is 2.42. The third-order valence-corrected chi connectivity index (χ3v) is 2.42. The minimum atomic E-state index is -4.49. The van der Waals surface area contributed by atoms with Crippen molar-refractivity contribution in [1.82, 2.24) is 4.90 Å². The Morgan fingerprint density at radius 1 is 1.53 bits per heavy atom. The molecule has 15 heavy (non-hydrogen) atoms. The number of halogens is 3. The molecule has 0 aromatic rings. The first kappa shape index (κ1) is 12.1. The lowest BCUT2D eigenvalue weighted by Crippen LogP contribution is -2.37. The molecule has 0 aromatic heterocycles. The van der Waals surface area contributed by atoms with Gasteiger partial charge >= 0.3 is 12.3 Å². The number of rotatable bonds is 1. The van der Waals surface area contributed by atoms with E-state index in [2.05, 4.69) is 4.74 Å². The normalized spacial score (nSPS) is 24.1. The average molecular weight is 225 g/mol. The van der Waals surface area contributed by atoms with Crippen molar-refractivity contribution in [3.8, 4) is 0 Å². The molecule has 0 aliphatic carbocycles. The molecule has 1 amide bonds. The molecule has 0 saturated carbocycles. The van der Waals surface area contributed by atoms with Crippen LogP contribution in [0.2, 0.25) is 0 Å². The monoisotopic (exact) mass is 225 g/mol. The Labute approximate surface area is 86.2 Å². The van der Waals surface area contributed by atoms with E-state index in [0.29, 0.717) is 19.0 Å². The number of carbonyl (C=O) groups excluding carboxylic acids is 1. The highest BCUT2D eigenvalue weighted by Crippen LogP contribution is 2.24. The molecule has 88 valence electrons. The molecule has 0 spiro atoms. The fraction of sp³-hybridized carbons (Fsp3) is 0.889. The Morgan fingerprint density at radius 2 is 2.13 bits per heavy atom. The minimum absolute atomic E-state index is 0.332. The van der Waals surface area contributed by atoms with Crippen molar-refractivity contribution in [2.45, 2.75) is 32.5 Å².